The van der Waals surface area contributed by atoms with Gasteiger partial charge in [-0.25, -0.2) is 0 Å². The predicted molar refractivity (Wildman–Crippen MR) is 240 cm³/mol. The van der Waals surface area contributed by atoms with Gasteiger partial charge in [0, 0.05) is 51.0 Å². The monoisotopic (exact) mass is 842 g/mol. The largest absolute Gasteiger partial charge is 0.504 e. The zero-order valence-electron chi connectivity index (χ0n) is 35.5. The van der Waals surface area contributed by atoms with Crippen LogP contribution in [0.15, 0.2) is 147 Å². The molecule has 3 fully saturated rings. The Hall–Kier alpha value is -7.48. The van der Waals surface area contributed by atoms with Crippen molar-refractivity contribution in [3.8, 4) is 11.5 Å². The molecule has 0 aromatic heterocycles. The molecule has 4 amide bonds. The fourth-order valence-electron chi connectivity index (χ4n) is 9.60. The summed E-state index contributed by atoms with van der Waals surface area (Å²) in [6, 6.07) is 33.9. The Bertz CT molecular complexity index is 2690. The molecule has 1 saturated carbocycles. The molecular formula is C49H46N8O6. The summed E-state index contributed by atoms with van der Waals surface area (Å²) in [5.74, 6) is -5.90. The van der Waals surface area contributed by atoms with Crippen LogP contribution in [0.1, 0.15) is 24.3 Å². The molecule has 5 aromatic rings. The molecule has 5 aromatic carbocycles. The first-order chi connectivity index (χ1) is 30.4. The van der Waals surface area contributed by atoms with Crippen molar-refractivity contribution in [1.29, 1.82) is 0 Å². The van der Waals surface area contributed by atoms with Crippen LogP contribution in [0.5, 0.6) is 11.5 Å². The second-order valence-corrected chi connectivity index (χ2v) is 16.7. The molecule has 2 heterocycles. The number of carbonyl (C=O) groups excluding carboxylic acids is 4. The van der Waals surface area contributed by atoms with Gasteiger partial charge in [-0.2, -0.15) is 20.5 Å². The van der Waals surface area contributed by atoms with Crippen molar-refractivity contribution in [2.45, 2.75) is 18.8 Å². The van der Waals surface area contributed by atoms with E-state index in [1.807, 2.05) is 92.6 Å². The number of methoxy groups -OCH3 is 1. The zero-order valence-corrected chi connectivity index (χ0v) is 35.5. The molecule has 14 nitrogen and oxygen atoms in total. The molecule has 2 aliphatic heterocycles. The maximum atomic E-state index is 14.7. The van der Waals surface area contributed by atoms with Crippen molar-refractivity contribution < 1.29 is 29.0 Å². The van der Waals surface area contributed by atoms with Gasteiger partial charge in [0.05, 0.1) is 64.9 Å². The molecule has 0 unspecified atom stereocenters. The Morgan fingerprint density at radius 2 is 1.00 bits per heavy atom. The van der Waals surface area contributed by atoms with Gasteiger partial charge >= 0.3 is 0 Å². The molecule has 2 aliphatic carbocycles. The molecular weight excluding hydrogens is 797 g/mol. The summed E-state index contributed by atoms with van der Waals surface area (Å²) in [5, 5.41) is 29.0. The van der Waals surface area contributed by atoms with Crippen molar-refractivity contribution in [1.82, 2.24) is 0 Å². The standard InChI is InChI=1S/C49H46N8O6/c1-54(2)32-17-9-28(10-18-32)50-52-30-13-21-34(22-14-30)56-46(59)38-26-25-36-39(43(38)48(56)61)27-40-44(42(36)37-7-6-8-41(63-5)45(37)58)49(62)57(47(40)60)35-23-15-31(16-24-35)53-51-29-11-19-33(20-12-29)55(3)4/h6-25,38-40,42-44,58H,26-27H2,1-5H3/t38-,39+,40+,42+,43-,44+/m0/s1. The number of rotatable bonds is 10. The van der Waals surface area contributed by atoms with Crippen LogP contribution < -0.4 is 24.3 Å². The number of para-hydroxylation sites is 1. The third-order valence-corrected chi connectivity index (χ3v) is 12.7. The maximum absolute atomic E-state index is 14.7. The summed E-state index contributed by atoms with van der Waals surface area (Å²) < 4.78 is 5.49. The molecule has 0 spiro atoms. The van der Waals surface area contributed by atoms with Gasteiger partial charge in [-0.15, -0.1) is 0 Å². The Labute approximate surface area is 364 Å². The van der Waals surface area contributed by atoms with Crippen LogP contribution in [-0.4, -0.2) is 64.0 Å². The Morgan fingerprint density at radius 3 is 1.46 bits per heavy atom. The number of azo groups is 2. The number of hydrogen-bond donors (Lipinski definition) is 1. The van der Waals surface area contributed by atoms with Gasteiger partial charge in [0.15, 0.2) is 11.5 Å². The van der Waals surface area contributed by atoms with E-state index < -0.39 is 47.3 Å². The van der Waals surface area contributed by atoms with Crippen molar-refractivity contribution in [2.75, 3.05) is 54.9 Å². The van der Waals surface area contributed by atoms with E-state index in [2.05, 4.69) is 20.5 Å². The average Bonchev–Trinajstić information content (AvgIpc) is 3.70. The molecule has 9 rings (SSSR count). The van der Waals surface area contributed by atoms with Gasteiger partial charge in [-0.3, -0.25) is 29.0 Å². The van der Waals surface area contributed by atoms with Crippen molar-refractivity contribution >= 4 is 69.1 Å². The van der Waals surface area contributed by atoms with Crippen LogP contribution in [0.4, 0.5) is 45.5 Å². The van der Waals surface area contributed by atoms with E-state index in [1.165, 1.54) is 16.9 Å². The highest BCUT2D eigenvalue weighted by molar-refractivity contribution is 6.24. The minimum Gasteiger partial charge on any atom is -0.504 e. The van der Waals surface area contributed by atoms with Crippen molar-refractivity contribution in [3.05, 3.63) is 132 Å². The number of ether oxygens (including phenoxy) is 1. The molecule has 0 bridgehead atoms. The fourth-order valence-corrected chi connectivity index (χ4v) is 9.60. The third kappa shape index (κ3) is 7.30. The lowest BCUT2D eigenvalue weighted by molar-refractivity contribution is -0.126. The lowest BCUT2D eigenvalue weighted by atomic mass is 9.57. The molecule has 63 heavy (non-hydrogen) atoms. The smallest absolute Gasteiger partial charge is 0.238 e. The highest BCUT2D eigenvalue weighted by Crippen LogP contribution is 2.60. The molecule has 0 radical (unpaired) electrons. The van der Waals surface area contributed by atoms with Crippen molar-refractivity contribution in [2.24, 2.45) is 50.0 Å². The summed E-state index contributed by atoms with van der Waals surface area (Å²) in [5.41, 5.74) is 6.48. The summed E-state index contributed by atoms with van der Waals surface area (Å²) in [7, 11) is 9.29. The van der Waals surface area contributed by atoms with Crippen LogP contribution in [-0.2, 0) is 19.2 Å². The zero-order chi connectivity index (χ0) is 44.1. The average molecular weight is 843 g/mol. The van der Waals surface area contributed by atoms with E-state index in [0.717, 1.165) is 16.9 Å². The first-order valence-electron chi connectivity index (χ1n) is 20.8. The molecule has 2 saturated heterocycles. The highest BCUT2D eigenvalue weighted by atomic mass is 16.5. The third-order valence-electron chi connectivity index (χ3n) is 12.7. The normalized spacial score (nSPS) is 23.0. The van der Waals surface area contributed by atoms with E-state index >= 15 is 0 Å². The minimum absolute atomic E-state index is 0.143. The number of imide groups is 2. The van der Waals surface area contributed by atoms with E-state index in [0.29, 0.717) is 39.7 Å². The fraction of sp³-hybridized carbons (Fsp3) is 0.265. The van der Waals surface area contributed by atoms with Crippen LogP contribution in [0.3, 0.4) is 0 Å². The number of aromatic hydroxyl groups is 1. The lowest BCUT2D eigenvalue weighted by Crippen LogP contribution is -2.43. The Balaban J connectivity index is 0.997. The van der Waals surface area contributed by atoms with Gasteiger partial charge < -0.3 is 19.6 Å². The van der Waals surface area contributed by atoms with Crippen LogP contribution in [0, 0.1) is 29.6 Å². The summed E-state index contributed by atoms with van der Waals surface area (Å²) in [6.07, 6.45) is 2.39. The quantitative estimate of drug-likeness (QED) is 0.0827. The minimum atomic E-state index is -0.880. The first kappa shape index (κ1) is 40.9. The van der Waals surface area contributed by atoms with Gasteiger partial charge in [0.1, 0.15) is 0 Å². The van der Waals surface area contributed by atoms with Crippen LogP contribution >= 0.6 is 0 Å². The maximum Gasteiger partial charge on any atom is 0.238 e. The number of allylic oxidation sites excluding steroid dienone is 2. The van der Waals surface area contributed by atoms with Gasteiger partial charge in [0.2, 0.25) is 23.6 Å². The number of carbonyl (C=O) groups is 4. The van der Waals surface area contributed by atoms with Crippen LogP contribution in [0.25, 0.3) is 0 Å². The number of fused-ring (bicyclic) bond motifs is 4. The second-order valence-electron chi connectivity index (χ2n) is 16.7. The molecule has 6 atom stereocenters. The number of hydrogen-bond acceptors (Lipinski definition) is 12. The van der Waals surface area contributed by atoms with Gasteiger partial charge in [-0.1, -0.05) is 23.8 Å². The van der Waals surface area contributed by atoms with E-state index in [-0.39, 0.29) is 36.2 Å². The summed E-state index contributed by atoms with van der Waals surface area (Å²) >= 11 is 0. The summed E-state index contributed by atoms with van der Waals surface area (Å²) in [4.78, 5) is 64.5. The van der Waals surface area contributed by atoms with E-state index in [1.54, 1.807) is 66.7 Å². The highest BCUT2D eigenvalue weighted by Gasteiger charge is 2.62. The number of benzene rings is 5. The van der Waals surface area contributed by atoms with Crippen molar-refractivity contribution in [3.63, 3.8) is 0 Å². The Morgan fingerprint density at radius 1 is 0.556 bits per heavy atom. The summed E-state index contributed by atoms with van der Waals surface area (Å²) in [6.45, 7) is 0. The number of amides is 4. The van der Waals surface area contributed by atoms with Gasteiger partial charge in [0.25, 0.3) is 0 Å². The first-order valence-corrected chi connectivity index (χ1v) is 20.8. The van der Waals surface area contributed by atoms with E-state index in [4.69, 9.17) is 4.74 Å². The number of phenols is 1. The predicted octanol–water partition coefficient (Wildman–Crippen LogP) is 9.41. The second kappa shape index (κ2) is 16.4. The number of nitrogens with zero attached hydrogens (tertiary/aromatic N) is 8. The lowest BCUT2D eigenvalue weighted by Gasteiger charge is -2.44. The van der Waals surface area contributed by atoms with Crippen LogP contribution in [0.2, 0.25) is 0 Å². The number of phenolic OH excluding ortho intramolecular Hbond substituents is 1. The topological polar surface area (TPSA) is 160 Å². The molecule has 4 aliphatic rings. The molecule has 1 N–H and O–H groups in total. The van der Waals surface area contributed by atoms with Gasteiger partial charge in [-0.05, 0) is 122 Å². The molecule has 318 valence electrons. The SMILES string of the molecule is COc1cccc([C@H]2C3=CC[C@@H]4C(=O)N(c5ccc(N=Nc6ccc(N(C)C)cc6)cc5)C(=O)[C@@H]4[C@@H]3C[C@H]3C(=O)N(c4ccc(N=Nc5ccc(N(C)C)cc5)cc4)C(=O)[C@@H]23)c1O. The molecule has 14 heteroatoms. The Kier molecular flexibility index (Phi) is 10.7. The van der Waals surface area contributed by atoms with E-state index in [9.17, 15) is 24.3 Å². The number of anilines is 4.